The lowest BCUT2D eigenvalue weighted by Gasteiger charge is -2.31. The van der Waals surface area contributed by atoms with Crippen LogP contribution in [0, 0.1) is 6.92 Å². The summed E-state index contributed by atoms with van der Waals surface area (Å²) in [6, 6.07) is 2.47. The van der Waals surface area contributed by atoms with E-state index in [1.54, 1.807) is 12.3 Å². The summed E-state index contributed by atoms with van der Waals surface area (Å²) < 4.78 is 5.14. The molecule has 1 fully saturated rings. The van der Waals surface area contributed by atoms with Gasteiger partial charge < -0.3 is 14.6 Å². The molecule has 1 aliphatic rings. The van der Waals surface area contributed by atoms with Gasteiger partial charge in [-0.1, -0.05) is 19.3 Å². The number of aryl methyl sites for hydroxylation is 1. The number of carbonyl (C=O) groups is 1. The Bertz CT molecular complexity index is 422. The highest BCUT2D eigenvalue weighted by atomic mass is 16.3. The van der Waals surface area contributed by atoms with Crippen LogP contribution >= 0.6 is 0 Å². The molecule has 2 rings (SSSR count). The first-order valence-corrected chi connectivity index (χ1v) is 7.71. The van der Waals surface area contributed by atoms with E-state index in [9.17, 15) is 4.79 Å². The molecule has 0 spiro atoms. The standard InChI is InChI=1S/C16H26N2O2/c1-13-15(9-12-20-13)16(19)17-10-6-11-18(2)14-7-4-3-5-8-14/h9,12,14H,3-8,10-11H2,1-2H3,(H,17,19). The van der Waals surface area contributed by atoms with Crippen LogP contribution in [-0.2, 0) is 0 Å². The lowest BCUT2D eigenvalue weighted by atomic mass is 9.94. The van der Waals surface area contributed by atoms with E-state index in [0.29, 0.717) is 11.3 Å². The molecule has 1 aromatic rings. The van der Waals surface area contributed by atoms with Crippen LogP contribution in [0.25, 0.3) is 0 Å². The SMILES string of the molecule is Cc1occc1C(=O)NCCCN(C)C1CCCCC1. The average molecular weight is 278 g/mol. The van der Waals surface area contributed by atoms with Gasteiger partial charge in [0.25, 0.3) is 5.91 Å². The van der Waals surface area contributed by atoms with E-state index in [1.807, 2.05) is 6.92 Å². The Labute approximate surface area is 121 Å². The van der Waals surface area contributed by atoms with E-state index in [4.69, 9.17) is 4.42 Å². The second-order valence-corrected chi connectivity index (χ2v) is 5.77. The van der Waals surface area contributed by atoms with Gasteiger partial charge in [-0.25, -0.2) is 0 Å². The van der Waals surface area contributed by atoms with Crippen LogP contribution in [0.4, 0.5) is 0 Å². The number of nitrogens with one attached hydrogen (secondary N) is 1. The normalized spacial score (nSPS) is 16.6. The number of hydrogen-bond donors (Lipinski definition) is 1. The molecule has 4 heteroatoms. The molecule has 1 saturated carbocycles. The van der Waals surface area contributed by atoms with Crippen molar-refractivity contribution >= 4 is 5.91 Å². The maximum Gasteiger partial charge on any atom is 0.254 e. The molecular formula is C16H26N2O2. The van der Waals surface area contributed by atoms with Crippen molar-refractivity contribution in [3.63, 3.8) is 0 Å². The van der Waals surface area contributed by atoms with Crippen molar-refractivity contribution in [3.8, 4) is 0 Å². The van der Waals surface area contributed by atoms with Crippen molar-refractivity contribution in [2.75, 3.05) is 20.1 Å². The lowest BCUT2D eigenvalue weighted by Crippen LogP contribution is -2.35. The van der Waals surface area contributed by atoms with E-state index in [2.05, 4.69) is 17.3 Å². The summed E-state index contributed by atoms with van der Waals surface area (Å²) in [7, 11) is 2.21. The van der Waals surface area contributed by atoms with Gasteiger partial charge in [0.15, 0.2) is 0 Å². The number of nitrogens with zero attached hydrogens (tertiary/aromatic N) is 1. The highest BCUT2D eigenvalue weighted by Crippen LogP contribution is 2.21. The Morgan fingerprint density at radius 1 is 1.40 bits per heavy atom. The van der Waals surface area contributed by atoms with Crippen LogP contribution in [0.5, 0.6) is 0 Å². The molecule has 0 saturated heterocycles. The fourth-order valence-electron chi connectivity index (χ4n) is 2.95. The topological polar surface area (TPSA) is 45.5 Å². The summed E-state index contributed by atoms with van der Waals surface area (Å²) >= 11 is 0. The second-order valence-electron chi connectivity index (χ2n) is 5.77. The minimum absolute atomic E-state index is 0.0310. The molecule has 1 aromatic heterocycles. The van der Waals surface area contributed by atoms with Gasteiger partial charge in [-0.05, 0) is 45.8 Å². The predicted octanol–water partition coefficient (Wildman–Crippen LogP) is 2.97. The van der Waals surface area contributed by atoms with Crippen LogP contribution in [0.15, 0.2) is 16.7 Å². The van der Waals surface area contributed by atoms with E-state index in [1.165, 1.54) is 32.1 Å². The Morgan fingerprint density at radius 3 is 2.80 bits per heavy atom. The Balaban J connectivity index is 1.63. The number of amides is 1. The van der Waals surface area contributed by atoms with Crippen molar-refractivity contribution in [1.82, 2.24) is 10.2 Å². The minimum atomic E-state index is -0.0310. The molecule has 0 aliphatic heterocycles. The van der Waals surface area contributed by atoms with E-state index in [0.717, 1.165) is 25.6 Å². The molecule has 112 valence electrons. The van der Waals surface area contributed by atoms with Crippen molar-refractivity contribution < 1.29 is 9.21 Å². The maximum absolute atomic E-state index is 11.9. The molecule has 20 heavy (non-hydrogen) atoms. The summed E-state index contributed by atoms with van der Waals surface area (Å²) in [5.41, 5.74) is 0.644. The molecule has 1 amide bonds. The van der Waals surface area contributed by atoms with Crippen molar-refractivity contribution in [2.24, 2.45) is 0 Å². The largest absolute Gasteiger partial charge is 0.469 e. The van der Waals surface area contributed by atoms with Gasteiger partial charge in [-0.2, -0.15) is 0 Å². The lowest BCUT2D eigenvalue weighted by molar-refractivity contribution is 0.0949. The quantitative estimate of drug-likeness (QED) is 0.814. The second kappa shape index (κ2) is 7.48. The van der Waals surface area contributed by atoms with E-state index >= 15 is 0 Å². The molecule has 0 atom stereocenters. The Morgan fingerprint density at radius 2 is 2.15 bits per heavy atom. The van der Waals surface area contributed by atoms with Crippen molar-refractivity contribution in [3.05, 3.63) is 23.7 Å². The number of carbonyl (C=O) groups excluding carboxylic acids is 1. The number of rotatable bonds is 6. The number of furan rings is 1. The summed E-state index contributed by atoms with van der Waals surface area (Å²) in [5.74, 6) is 0.651. The highest BCUT2D eigenvalue weighted by molar-refractivity contribution is 5.94. The Kier molecular flexibility index (Phi) is 5.65. The van der Waals surface area contributed by atoms with Crippen molar-refractivity contribution in [1.29, 1.82) is 0 Å². The first kappa shape index (κ1) is 15.1. The molecule has 0 unspecified atom stereocenters. The van der Waals surface area contributed by atoms with Gasteiger partial charge in [0, 0.05) is 12.6 Å². The molecule has 1 heterocycles. The van der Waals surface area contributed by atoms with Crippen LogP contribution in [0.2, 0.25) is 0 Å². The zero-order valence-corrected chi connectivity index (χ0v) is 12.7. The molecule has 4 nitrogen and oxygen atoms in total. The molecule has 0 aromatic carbocycles. The van der Waals surface area contributed by atoms with Gasteiger partial charge in [-0.15, -0.1) is 0 Å². The minimum Gasteiger partial charge on any atom is -0.469 e. The smallest absolute Gasteiger partial charge is 0.254 e. The van der Waals surface area contributed by atoms with Crippen LogP contribution in [0.1, 0.15) is 54.6 Å². The molecule has 1 N–H and O–H groups in total. The number of hydrogen-bond acceptors (Lipinski definition) is 3. The molecule has 1 aliphatic carbocycles. The highest BCUT2D eigenvalue weighted by Gasteiger charge is 2.17. The third-order valence-corrected chi connectivity index (χ3v) is 4.27. The third-order valence-electron chi connectivity index (χ3n) is 4.27. The third kappa shape index (κ3) is 4.10. The van der Waals surface area contributed by atoms with Gasteiger partial charge in [0.1, 0.15) is 5.76 Å². The van der Waals surface area contributed by atoms with E-state index < -0.39 is 0 Å². The summed E-state index contributed by atoms with van der Waals surface area (Å²) in [6.45, 7) is 3.58. The van der Waals surface area contributed by atoms with Gasteiger partial charge >= 0.3 is 0 Å². The van der Waals surface area contributed by atoms with Crippen LogP contribution in [-0.4, -0.2) is 37.0 Å². The summed E-state index contributed by atoms with van der Waals surface area (Å²) in [6.07, 6.45) is 9.34. The Hall–Kier alpha value is -1.29. The zero-order valence-electron chi connectivity index (χ0n) is 12.7. The zero-order chi connectivity index (χ0) is 14.4. The monoisotopic (exact) mass is 278 g/mol. The predicted molar refractivity (Wildman–Crippen MR) is 79.9 cm³/mol. The van der Waals surface area contributed by atoms with Crippen LogP contribution < -0.4 is 5.32 Å². The maximum atomic E-state index is 11.9. The average Bonchev–Trinajstić information content (AvgIpc) is 2.90. The van der Waals surface area contributed by atoms with Gasteiger partial charge in [0.2, 0.25) is 0 Å². The van der Waals surface area contributed by atoms with Crippen LogP contribution in [0.3, 0.4) is 0 Å². The molecule has 0 bridgehead atoms. The fourth-order valence-corrected chi connectivity index (χ4v) is 2.95. The van der Waals surface area contributed by atoms with Gasteiger partial charge in [-0.3, -0.25) is 4.79 Å². The summed E-state index contributed by atoms with van der Waals surface area (Å²) in [4.78, 5) is 14.3. The summed E-state index contributed by atoms with van der Waals surface area (Å²) in [5, 5.41) is 2.96. The first-order chi connectivity index (χ1) is 9.68. The molecular weight excluding hydrogens is 252 g/mol. The fraction of sp³-hybridized carbons (Fsp3) is 0.688. The molecule has 0 radical (unpaired) electrons. The first-order valence-electron chi connectivity index (χ1n) is 7.71. The van der Waals surface area contributed by atoms with Crippen molar-refractivity contribution in [2.45, 2.75) is 51.5 Å². The van der Waals surface area contributed by atoms with E-state index in [-0.39, 0.29) is 5.91 Å². The van der Waals surface area contributed by atoms with Gasteiger partial charge in [0.05, 0.1) is 11.8 Å².